The fourth-order valence-corrected chi connectivity index (χ4v) is 3.27. The number of benzene rings is 1. The molecule has 1 aliphatic carbocycles. The van der Waals surface area contributed by atoms with Crippen LogP contribution in [-0.2, 0) is 0 Å². The van der Waals surface area contributed by atoms with E-state index in [1.807, 2.05) is 12.1 Å². The molecule has 1 fully saturated rings. The molecule has 1 aliphatic rings. The molecule has 0 radical (unpaired) electrons. The molecular weight excluding hydrogens is 272 g/mol. The van der Waals surface area contributed by atoms with E-state index in [4.69, 9.17) is 5.73 Å². The minimum Gasteiger partial charge on any atom is -0.370 e. The first-order valence-corrected chi connectivity index (χ1v) is 8.36. The molecule has 1 unspecified atom stereocenters. The average Bonchev–Trinajstić information content (AvgIpc) is 2.50. The zero-order valence-electron chi connectivity index (χ0n) is 14.2. The highest BCUT2D eigenvalue weighted by Crippen LogP contribution is 2.28. The lowest BCUT2D eigenvalue weighted by Gasteiger charge is -2.33. The van der Waals surface area contributed by atoms with Crippen molar-refractivity contribution in [1.29, 1.82) is 0 Å². The van der Waals surface area contributed by atoms with Crippen LogP contribution in [0.25, 0.3) is 0 Å². The zero-order chi connectivity index (χ0) is 15.9. The molecule has 1 aromatic carbocycles. The lowest BCUT2D eigenvalue weighted by Crippen LogP contribution is -2.39. The van der Waals surface area contributed by atoms with E-state index in [-0.39, 0.29) is 0 Å². The molecule has 0 bridgehead atoms. The lowest BCUT2D eigenvalue weighted by atomic mass is 9.83. The van der Waals surface area contributed by atoms with Crippen molar-refractivity contribution in [2.45, 2.75) is 45.1 Å². The summed E-state index contributed by atoms with van der Waals surface area (Å²) in [6.45, 7) is 2.84. The molecule has 1 aromatic rings. The van der Waals surface area contributed by atoms with Crippen molar-refractivity contribution in [2.75, 3.05) is 26.0 Å². The molecule has 4 nitrogen and oxygen atoms in total. The molecule has 3 N–H and O–H groups in total. The molecule has 0 aromatic heterocycles. The smallest absolute Gasteiger partial charge is 0.193 e. The van der Waals surface area contributed by atoms with Crippen molar-refractivity contribution in [2.24, 2.45) is 16.6 Å². The largest absolute Gasteiger partial charge is 0.370 e. The average molecular weight is 302 g/mol. The topological polar surface area (TPSA) is 53.6 Å². The molecule has 0 saturated heterocycles. The molecular formula is C18H30N4. The van der Waals surface area contributed by atoms with Crippen LogP contribution in [-0.4, -0.2) is 37.5 Å². The van der Waals surface area contributed by atoms with Gasteiger partial charge in [0.1, 0.15) is 0 Å². The van der Waals surface area contributed by atoms with E-state index < -0.39 is 0 Å². The van der Waals surface area contributed by atoms with Crippen molar-refractivity contribution >= 4 is 11.6 Å². The summed E-state index contributed by atoms with van der Waals surface area (Å²) in [5.41, 5.74) is 8.28. The van der Waals surface area contributed by atoms with Crippen LogP contribution < -0.4 is 11.1 Å². The van der Waals surface area contributed by atoms with Gasteiger partial charge in [-0.25, -0.2) is 0 Å². The molecule has 0 aliphatic heterocycles. The van der Waals surface area contributed by atoms with Crippen molar-refractivity contribution in [3.63, 3.8) is 0 Å². The van der Waals surface area contributed by atoms with Crippen LogP contribution in [0.5, 0.6) is 0 Å². The Bertz CT molecular complexity index is 472. The summed E-state index contributed by atoms with van der Waals surface area (Å²) >= 11 is 0. The molecule has 2 rings (SSSR count). The Morgan fingerprint density at radius 2 is 1.86 bits per heavy atom. The van der Waals surface area contributed by atoms with Crippen LogP contribution in [0, 0.1) is 12.8 Å². The number of rotatable bonds is 5. The highest BCUT2D eigenvalue weighted by atomic mass is 15.1. The van der Waals surface area contributed by atoms with Gasteiger partial charge in [-0.15, -0.1) is 0 Å². The summed E-state index contributed by atoms with van der Waals surface area (Å²) in [6, 6.07) is 8.68. The molecule has 22 heavy (non-hydrogen) atoms. The fourth-order valence-electron chi connectivity index (χ4n) is 3.27. The fraction of sp³-hybridized carbons (Fsp3) is 0.611. The number of guanidine groups is 1. The first-order chi connectivity index (χ1) is 10.6. The number of nitrogens with one attached hydrogen (secondary N) is 1. The molecule has 4 heteroatoms. The van der Waals surface area contributed by atoms with Gasteiger partial charge >= 0.3 is 0 Å². The van der Waals surface area contributed by atoms with Crippen molar-refractivity contribution in [3.8, 4) is 0 Å². The van der Waals surface area contributed by atoms with E-state index in [1.54, 1.807) is 0 Å². The van der Waals surface area contributed by atoms with Crippen LogP contribution in [0.2, 0.25) is 0 Å². The number of hydrogen-bond donors (Lipinski definition) is 2. The van der Waals surface area contributed by atoms with Crippen LogP contribution >= 0.6 is 0 Å². The number of aliphatic imine (C=N–C) groups is 1. The predicted molar refractivity (Wildman–Crippen MR) is 95.3 cm³/mol. The summed E-state index contributed by atoms with van der Waals surface area (Å²) in [4.78, 5) is 6.88. The highest BCUT2D eigenvalue weighted by molar-refractivity contribution is 5.92. The maximum atomic E-state index is 6.04. The van der Waals surface area contributed by atoms with Gasteiger partial charge < -0.3 is 16.0 Å². The van der Waals surface area contributed by atoms with Gasteiger partial charge in [0.05, 0.1) is 6.54 Å². The first-order valence-electron chi connectivity index (χ1n) is 8.36. The van der Waals surface area contributed by atoms with Crippen molar-refractivity contribution in [1.82, 2.24) is 4.90 Å². The second-order valence-electron chi connectivity index (χ2n) is 6.65. The van der Waals surface area contributed by atoms with E-state index >= 15 is 0 Å². The van der Waals surface area contributed by atoms with Gasteiger partial charge in [0.25, 0.3) is 0 Å². The third-order valence-electron chi connectivity index (χ3n) is 4.63. The second-order valence-corrected chi connectivity index (χ2v) is 6.65. The summed E-state index contributed by atoms with van der Waals surface area (Å²) in [5, 5.41) is 3.18. The summed E-state index contributed by atoms with van der Waals surface area (Å²) in [7, 11) is 4.30. The maximum Gasteiger partial charge on any atom is 0.193 e. The van der Waals surface area contributed by atoms with E-state index in [0.29, 0.717) is 12.0 Å². The Morgan fingerprint density at radius 1 is 1.23 bits per heavy atom. The Morgan fingerprint density at radius 3 is 2.45 bits per heavy atom. The van der Waals surface area contributed by atoms with E-state index in [1.165, 1.54) is 37.7 Å². The van der Waals surface area contributed by atoms with Crippen LogP contribution in [0.3, 0.4) is 0 Å². The van der Waals surface area contributed by atoms with Gasteiger partial charge in [0.2, 0.25) is 0 Å². The lowest BCUT2D eigenvalue weighted by molar-refractivity contribution is 0.176. The predicted octanol–water partition coefficient (Wildman–Crippen LogP) is 3.23. The van der Waals surface area contributed by atoms with E-state index in [0.717, 1.165) is 18.2 Å². The highest BCUT2D eigenvalue weighted by Gasteiger charge is 2.24. The van der Waals surface area contributed by atoms with E-state index in [9.17, 15) is 0 Å². The van der Waals surface area contributed by atoms with Gasteiger partial charge in [-0.05, 0) is 51.9 Å². The molecule has 1 atom stereocenters. The Labute approximate surface area is 134 Å². The number of nitrogens with zero attached hydrogens (tertiary/aromatic N) is 2. The van der Waals surface area contributed by atoms with Crippen molar-refractivity contribution in [3.05, 3.63) is 29.8 Å². The third kappa shape index (κ3) is 5.02. The molecule has 1 saturated carbocycles. The molecule has 0 heterocycles. The quantitative estimate of drug-likeness (QED) is 0.648. The molecule has 0 amide bonds. The van der Waals surface area contributed by atoms with Crippen LogP contribution in [0.4, 0.5) is 5.69 Å². The summed E-state index contributed by atoms with van der Waals surface area (Å²) in [5.74, 6) is 1.26. The SMILES string of the molecule is Cc1ccc(NC(N)=NCC(C2CCCCC2)N(C)C)cc1. The van der Waals surface area contributed by atoms with Crippen LogP contribution in [0.1, 0.15) is 37.7 Å². The van der Waals surface area contributed by atoms with Gasteiger partial charge in [-0.3, -0.25) is 4.99 Å². The third-order valence-corrected chi connectivity index (χ3v) is 4.63. The van der Waals surface area contributed by atoms with Gasteiger partial charge in [0.15, 0.2) is 5.96 Å². The summed E-state index contributed by atoms with van der Waals surface area (Å²) in [6.07, 6.45) is 6.75. The number of likely N-dealkylation sites (N-methyl/N-ethyl adjacent to an activating group) is 1. The monoisotopic (exact) mass is 302 g/mol. The number of hydrogen-bond acceptors (Lipinski definition) is 2. The summed E-state index contributed by atoms with van der Waals surface area (Å²) < 4.78 is 0. The van der Waals surface area contributed by atoms with Crippen LogP contribution in [0.15, 0.2) is 29.3 Å². The number of aryl methyl sites for hydroxylation is 1. The normalized spacial score (nSPS) is 18.5. The van der Waals surface area contributed by atoms with E-state index in [2.05, 4.69) is 48.4 Å². The standard InChI is InChI=1S/C18H30N4/c1-14-9-11-16(12-10-14)21-18(19)20-13-17(22(2)3)15-7-5-4-6-8-15/h9-12,15,17H,4-8,13H2,1-3H3,(H3,19,20,21). The van der Waals surface area contributed by atoms with Gasteiger partial charge in [-0.1, -0.05) is 37.0 Å². The first kappa shape index (κ1) is 16.8. The Hall–Kier alpha value is -1.55. The molecule has 0 spiro atoms. The number of nitrogens with two attached hydrogens (primary N) is 1. The maximum absolute atomic E-state index is 6.04. The second kappa shape index (κ2) is 8.18. The van der Waals surface area contributed by atoms with Crippen molar-refractivity contribution < 1.29 is 0 Å². The Kier molecular flexibility index (Phi) is 6.25. The minimum atomic E-state index is 0.485. The molecule has 122 valence electrons. The number of anilines is 1. The Balaban J connectivity index is 1.92. The van der Waals surface area contributed by atoms with Gasteiger partial charge in [-0.2, -0.15) is 0 Å². The van der Waals surface area contributed by atoms with Gasteiger partial charge in [0, 0.05) is 11.7 Å². The zero-order valence-corrected chi connectivity index (χ0v) is 14.2. The minimum absolute atomic E-state index is 0.485.